The maximum Gasteiger partial charge on any atom is 0.416 e. The number of rotatable bonds is 7. The van der Waals surface area contributed by atoms with E-state index in [9.17, 15) is 27.6 Å². The van der Waals surface area contributed by atoms with E-state index in [1.165, 1.54) is 24.1 Å². The highest BCUT2D eigenvalue weighted by Gasteiger charge is 2.40. The van der Waals surface area contributed by atoms with Crippen molar-refractivity contribution in [1.29, 1.82) is 0 Å². The summed E-state index contributed by atoms with van der Waals surface area (Å²) in [7, 11) is 2.99. The van der Waals surface area contributed by atoms with Crippen LogP contribution in [0.3, 0.4) is 0 Å². The maximum atomic E-state index is 13.3. The van der Waals surface area contributed by atoms with Gasteiger partial charge >= 0.3 is 12.1 Å². The molecule has 1 unspecified atom stereocenters. The van der Waals surface area contributed by atoms with Crippen LogP contribution in [0.4, 0.5) is 13.2 Å². The summed E-state index contributed by atoms with van der Waals surface area (Å²) in [6, 6.07) is 2.88. The molecule has 2 rings (SSSR count). The van der Waals surface area contributed by atoms with E-state index in [4.69, 9.17) is 5.11 Å². The van der Waals surface area contributed by atoms with Gasteiger partial charge in [0.05, 0.1) is 11.6 Å². The average molecular weight is 457 g/mol. The van der Waals surface area contributed by atoms with E-state index >= 15 is 0 Å². The minimum absolute atomic E-state index is 0.0236. The topological polar surface area (TPSA) is 90.0 Å². The lowest BCUT2D eigenvalue weighted by Crippen LogP contribution is -2.56. The minimum Gasteiger partial charge on any atom is -0.480 e. The number of likely N-dealkylation sites (N-methyl/N-ethyl adjacent to an activating group) is 2. The number of aliphatic carboxylic acids is 1. The highest BCUT2D eigenvalue weighted by Crippen LogP contribution is 2.30. The predicted molar refractivity (Wildman–Crippen MR) is 112 cm³/mol. The number of carboxylic acids is 1. The van der Waals surface area contributed by atoms with E-state index in [0.29, 0.717) is 12.0 Å². The van der Waals surface area contributed by atoms with Crippen molar-refractivity contribution >= 4 is 17.8 Å². The third-order valence-corrected chi connectivity index (χ3v) is 6.11. The summed E-state index contributed by atoms with van der Waals surface area (Å²) < 4.78 is 38.7. The molecular formula is C22H30F3N3O4. The quantitative estimate of drug-likeness (QED) is 0.656. The van der Waals surface area contributed by atoms with Gasteiger partial charge in [-0.15, -0.1) is 0 Å². The van der Waals surface area contributed by atoms with Crippen LogP contribution >= 0.6 is 0 Å². The largest absolute Gasteiger partial charge is 0.480 e. The van der Waals surface area contributed by atoms with Crippen molar-refractivity contribution in [2.45, 2.75) is 44.9 Å². The lowest BCUT2D eigenvalue weighted by atomic mass is 9.91. The molecule has 7 nitrogen and oxygen atoms in total. The molecule has 0 radical (unpaired) electrons. The number of hydrogen-bond donors (Lipinski definition) is 2. The van der Waals surface area contributed by atoms with Crippen LogP contribution in [0, 0.1) is 11.8 Å². The fourth-order valence-corrected chi connectivity index (χ4v) is 3.93. The van der Waals surface area contributed by atoms with Gasteiger partial charge in [0.1, 0.15) is 12.6 Å². The molecule has 1 saturated heterocycles. The van der Waals surface area contributed by atoms with Crippen molar-refractivity contribution in [2.24, 2.45) is 11.8 Å². The summed E-state index contributed by atoms with van der Waals surface area (Å²) in [5.74, 6) is -1.79. The number of benzene rings is 1. The minimum atomic E-state index is -4.48. The molecule has 1 heterocycles. The van der Waals surface area contributed by atoms with E-state index in [1.54, 1.807) is 7.05 Å². The molecule has 1 aromatic rings. The van der Waals surface area contributed by atoms with Gasteiger partial charge in [-0.3, -0.25) is 14.4 Å². The van der Waals surface area contributed by atoms with Crippen LogP contribution in [-0.4, -0.2) is 72.0 Å². The van der Waals surface area contributed by atoms with Crippen molar-refractivity contribution in [3.05, 3.63) is 35.4 Å². The smallest absolute Gasteiger partial charge is 0.416 e. The third-order valence-electron chi connectivity index (χ3n) is 6.11. The Kier molecular flexibility index (Phi) is 8.28. The highest BCUT2D eigenvalue weighted by molar-refractivity contribution is 5.91. The molecule has 0 aromatic heterocycles. The molecule has 1 fully saturated rings. The Morgan fingerprint density at radius 2 is 1.81 bits per heavy atom. The van der Waals surface area contributed by atoms with E-state index in [2.05, 4.69) is 5.32 Å². The number of alkyl halides is 3. The van der Waals surface area contributed by atoms with Gasteiger partial charge in [0, 0.05) is 20.0 Å². The number of amides is 2. The highest BCUT2D eigenvalue weighted by atomic mass is 19.4. The van der Waals surface area contributed by atoms with Crippen molar-refractivity contribution in [2.75, 3.05) is 27.2 Å². The van der Waals surface area contributed by atoms with E-state index in [0.717, 1.165) is 17.0 Å². The zero-order chi connectivity index (χ0) is 24.2. The van der Waals surface area contributed by atoms with Crippen LogP contribution in [0.25, 0.3) is 0 Å². The van der Waals surface area contributed by atoms with Gasteiger partial charge in [-0.1, -0.05) is 26.0 Å². The number of carboxylic acid groups (broad SMARTS) is 1. The summed E-state index contributed by atoms with van der Waals surface area (Å²) in [5, 5.41) is 12.1. The van der Waals surface area contributed by atoms with Gasteiger partial charge < -0.3 is 20.2 Å². The number of hydrogen-bond acceptors (Lipinski definition) is 4. The Labute approximate surface area is 185 Å². The van der Waals surface area contributed by atoms with Gasteiger partial charge in [0.15, 0.2) is 0 Å². The molecule has 0 bridgehead atoms. The Balaban J connectivity index is 2.42. The van der Waals surface area contributed by atoms with E-state index in [-0.39, 0.29) is 30.7 Å². The van der Waals surface area contributed by atoms with Crippen LogP contribution in [0.2, 0.25) is 0 Å². The number of nitrogens with zero attached hydrogens (tertiary/aromatic N) is 2. The van der Waals surface area contributed by atoms with Crippen LogP contribution < -0.4 is 5.32 Å². The maximum absolute atomic E-state index is 13.3. The molecular weight excluding hydrogens is 427 g/mol. The molecule has 0 aliphatic carbocycles. The molecule has 1 aromatic carbocycles. The molecule has 10 heteroatoms. The number of nitrogens with one attached hydrogen (secondary N) is 1. The van der Waals surface area contributed by atoms with Crippen molar-refractivity contribution in [3.8, 4) is 0 Å². The molecule has 32 heavy (non-hydrogen) atoms. The molecule has 2 amide bonds. The van der Waals surface area contributed by atoms with Crippen molar-refractivity contribution < 1.29 is 32.7 Å². The second-order valence-corrected chi connectivity index (χ2v) is 8.52. The summed E-state index contributed by atoms with van der Waals surface area (Å²) in [5.41, 5.74) is -0.366. The Bertz CT molecular complexity index is 829. The van der Waals surface area contributed by atoms with Crippen LogP contribution in [0.1, 0.15) is 31.4 Å². The molecule has 2 N–H and O–H groups in total. The molecule has 4 atom stereocenters. The zero-order valence-electron chi connectivity index (χ0n) is 18.6. The second kappa shape index (κ2) is 10.3. The van der Waals surface area contributed by atoms with Gasteiger partial charge in [0.25, 0.3) is 0 Å². The molecule has 1 aliphatic rings. The zero-order valence-corrected chi connectivity index (χ0v) is 18.6. The first kappa shape index (κ1) is 25.6. The fourth-order valence-electron chi connectivity index (χ4n) is 3.93. The van der Waals surface area contributed by atoms with Gasteiger partial charge in [0.2, 0.25) is 11.8 Å². The summed E-state index contributed by atoms with van der Waals surface area (Å²) in [4.78, 5) is 40.1. The first-order valence-electron chi connectivity index (χ1n) is 10.5. The van der Waals surface area contributed by atoms with Crippen LogP contribution in [0.15, 0.2) is 24.3 Å². The number of carbonyl (C=O) groups excluding carboxylic acids is 2. The van der Waals surface area contributed by atoms with Crippen molar-refractivity contribution in [1.82, 2.24) is 15.1 Å². The average Bonchev–Trinajstić information content (AvgIpc) is 2.82. The first-order chi connectivity index (χ1) is 14.8. The predicted octanol–water partition coefficient (Wildman–Crippen LogP) is 2.25. The van der Waals surface area contributed by atoms with Crippen molar-refractivity contribution in [3.63, 3.8) is 0 Å². The fraction of sp³-hybridized carbons (Fsp3) is 0.591. The lowest BCUT2D eigenvalue weighted by molar-refractivity contribution is -0.149. The lowest BCUT2D eigenvalue weighted by Gasteiger charge is -2.35. The van der Waals surface area contributed by atoms with Crippen LogP contribution in [0.5, 0.6) is 0 Å². The molecule has 178 valence electrons. The van der Waals surface area contributed by atoms with Gasteiger partial charge in [-0.05, 0) is 43.0 Å². The summed E-state index contributed by atoms with van der Waals surface area (Å²) in [6.45, 7) is 3.74. The number of halogens is 3. The monoisotopic (exact) mass is 457 g/mol. The first-order valence-corrected chi connectivity index (χ1v) is 10.5. The molecule has 0 spiro atoms. The Morgan fingerprint density at radius 1 is 1.22 bits per heavy atom. The summed E-state index contributed by atoms with van der Waals surface area (Å²) in [6.07, 6.45) is -3.93. The van der Waals surface area contributed by atoms with Crippen LogP contribution in [-0.2, 0) is 27.0 Å². The third kappa shape index (κ3) is 6.21. The number of carbonyl (C=O) groups is 3. The van der Waals surface area contributed by atoms with Gasteiger partial charge in [-0.25, -0.2) is 0 Å². The van der Waals surface area contributed by atoms with E-state index in [1.807, 2.05) is 13.8 Å². The second-order valence-electron chi connectivity index (χ2n) is 8.52. The summed E-state index contributed by atoms with van der Waals surface area (Å²) >= 11 is 0. The SMILES string of the molecule is CN[C@H]1C[C@H](C)C(C)CN([C@@H](Cc2ccc(C(F)(F)F)cc2)C(=O)N(C)CC(=O)O)C1=O. The van der Waals surface area contributed by atoms with Gasteiger partial charge in [-0.2, -0.15) is 13.2 Å². The standard InChI is InChI=1S/C22H30F3N3O4/c1-13-9-17(26-3)20(31)28(11-14(13)2)18(21(32)27(4)12-19(29)30)10-15-5-7-16(8-6-15)22(23,24)25/h5-8,13-14,17-18,26H,9-12H2,1-4H3,(H,29,30)/t13-,14?,17-,18-/m0/s1. The molecule has 1 aliphatic heterocycles. The normalized spacial score (nSPS) is 22.9. The Hall–Kier alpha value is -2.62. The number of likely N-dealkylation sites (tertiary alicyclic amines) is 1. The van der Waals surface area contributed by atoms with E-state index < -0.39 is 42.2 Å². The Morgan fingerprint density at radius 3 is 2.31 bits per heavy atom. The molecule has 0 saturated carbocycles.